The van der Waals surface area contributed by atoms with Crippen molar-refractivity contribution in [2.75, 3.05) is 30.9 Å². The van der Waals surface area contributed by atoms with Crippen LogP contribution in [0.4, 0.5) is 11.4 Å². The fraction of sp³-hybridized carbons (Fsp3) is 0.280. The molecule has 0 saturated carbocycles. The highest BCUT2D eigenvalue weighted by molar-refractivity contribution is 7.67. The first-order valence-electron chi connectivity index (χ1n) is 10.3. The second kappa shape index (κ2) is 9.97. The molecule has 30 heavy (non-hydrogen) atoms. The van der Waals surface area contributed by atoms with E-state index < -0.39 is 13.2 Å². The SMILES string of the molecule is CCCO[P@](=O)(c1ccc(N(C)C)cc1)[C@H](Nc1ccccc1)c1ccc(C)cc1. The molecule has 0 heterocycles. The average molecular weight is 423 g/mol. The fourth-order valence-electron chi connectivity index (χ4n) is 3.29. The maximum absolute atomic E-state index is 14.5. The third-order valence-electron chi connectivity index (χ3n) is 5.02. The molecule has 0 aliphatic carbocycles. The Kier molecular flexibility index (Phi) is 7.36. The summed E-state index contributed by atoms with van der Waals surface area (Å²) in [5, 5.41) is 4.22. The van der Waals surface area contributed by atoms with Crippen LogP contribution in [0.15, 0.2) is 78.9 Å². The summed E-state index contributed by atoms with van der Waals surface area (Å²) in [5.74, 6) is -0.489. The number of para-hydroxylation sites is 1. The number of anilines is 2. The molecule has 2 atom stereocenters. The molecule has 5 heteroatoms. The van der Waals surface area contributed by atoms with Crippen LogP contribution in [0.1, 0.15) is 30.3 Å². The van der Waals surface area contributed by atoms with Gasteiger partial charge in [-0.05, 0) is 55.3 Å². The van der Waals surface area contributed by atoms with E-state index >= 15 is 0 Å². The smallest absolute Gasteiger partial charge is 0.258 e. The first-order valence-corrected chi connectivity index (χ1v) is 12.0. The minimum absolute atomic E-state index is 0.436. The van der Waals surface area contributed by atoms with Gasteiger partial charge in [0, 0.05) is 30.8 Å². The molecule has 1 N–H and O–H groups in total. The zero-order chi connectivity index (χ0) is 21.6. The first kappa shape index (κ1) is 22.1. The van der Waals surface area contributed by atoms with Gasteiger partial charge >= 0.3 is 0 Å². The Morgan fingerprint density at radius 1 is 0.933 bits per heavy atom. The summed E-state index contributed by atoms with van der Waals surface area (Å²) in [6.45, 7) is 4.52. The van der Waals surface area contributed by atoms with Crippen LogP contribution in [-0.2, 0) is 9.09 Å². The van der Waals surface area contributed by atoms with Crippen LogP contribution >= 0.6 is 7.37 Å². The molecule has 0 aliphatic rings. The quantitative estimate of drug-likeness (QED) is 0.417. The third kappa shape index (κ3) is 5.13. The van der Waals surface area contributed by atoms with Crippen molar-refractivity contribution >= 4 is 24.0 Å². The van der Waals surface area contributed by atoms with E-state index in [9.17, 15) is 4.57 Å². The Morgan fingerprint density at radius 3 is 2.13 bits per heavy atom. The van der Waals surface area contributed by atoms with Gasteiger partial charge in [0.15, 0.2) is 0 Å². The second-order valence-electron chi connectivity index (χ2n) is 7.66. The van der Waals surface area contributed by atoms with Gasteiger partial charge in [-0.2, -0.15) is 0 Å². The number of aryl methyl sites for hydroxylation is 1. The molecule has 158 valence electrons. The maximum Gasteiger partial charge on any atom is 0.258 e. The molecule has 0 amide bonds. The minimum atomic E-state index is -3.28. The van der Waals surface area contributed by atoms with Crippen molar-refractivity contribution in [1.29, 1.82) is 0 Å². The van der Waals surface area contributed by atoms with E-state index in [1.54, 1.807) is 0 Å². The Morgan fingerprint density at radius 2 is 1.57 bits per heavy atom. The number of hydrogen-bond acceptors (Lipinski definition) is 4. The fourth-order valence-corrected chi connectivity index (χ4v) is 5.79. The molecule has 0 radical (unpaired) electrons. The maximum atomic E-state index is 14.5. The molecule has 0 aliphatic heterocycles. The van der Waals surface area contributed by atoms with Crippen LogP contribution in [0.25, 0.3) is 0 Å². The van der Waals surface area contributed by atoms with Gasteiger partial charge in [0.05, 0.1) is 6.61 Å². The van der Waals surface area contributed by atoms with Crippen LogP contribution in [0.5, 0.6) is 0 Å². The molecule has 0 aromatic heterocycles. The van der Waals surface area contributed by atoms with E-state index in [-0.39, 0.29) is 0 Å². The van der Waals surface area contributed by atoms with Crippen LogP contribution < -0.4 is 15.5 Å². The highest BCUT2D eigenvalue weighted by Crippen LogP contribution is 2.59. The van der Waals surface area contributed by atoms with Crippen molar-refractivity contribution in [2.24, 2.45) is 0 Å². The third-order valence-corrected chi connectivity index (χ3v) is 7.71. The molecule has 0 unspecified atom stereocenters. The predicted molar refractivity (Wildman–Crippen MR) is 128 cm³/mol. The molecule has 4 nitrogen and oxygen atoms in total. The second-order valence-corrected chi connectivity index (χ2v) is 10.1. The Hall–Kier alpha value is -2.55. The van der Waals surface area contributed by atoms with Crippen molar-refractivity contribution in [1.82, 2.24) is 0 Å². The number of benzene rings is 3. The first-order chi connectivity index (χ1) is 14.4. The van der Waals surface area contributed by atoms with Gasteiger partial charge in [-0.25, -0.2) is 0 Å². The minimum Gasteiger partial charge on any atom is -0.378 e. The summed E-state index contributed by atoms with van der Waals surface area (Å²) in [4.78, 5) is 2.03. The molecule has 3 rings (SSSR count). The largest absolute Gasteiger partial charge is 0.378 e. The molecule has 3 aromatic carbocycles. The van der Waals surface area contributed by atoms with Crippen molar-refractivity contribution in [2.45, 2.75) is 26.1 Å². The highest BCUT2D eigenvalue weighted by atomic mass is 31.2. The molecular weight excluding hydrogens is 391 g/mol. The standard InChI is InChI=1S/C25H31N2O2P/c1-5-19-29-30(28,24-17-15-23(16-18-24)27(3)4)25(21-13-11-20(2)12-14-21)26-22-9-7-6-8-10-22/h6-18,25-26H,5,19H2,1-4H3/t25-,30+/m0/s1. The van der Waals surface area contributed by atoms with Crippen molar-refractivity contribution < 1.29 is 9.09 Å². The number of hydrogen-bond donors (Lipinski definition) is 1. The molecule has 3 aromatic rings. The van der Waals surface area contributed by atoms with E-state index in [4.69, 9.17) is 4.52 Å². The summed E-state index contributed by atoms with van der Waals surface area (Å²) >= 11 is 0. The van der Waals surface area contributed by atoms with Gasteiger partial charge in [0.2, 0.25) is 0 Å². The normalized spacial score (nSPS) is 14.0. The van der Waals surface area contributed by atoms with Crippen LogP contribution in [-0.4, -0.2) is 20.7 Å². The lowest BCUT2D eigenvalue weighted by molar-refractivity contribution is 0.315. The van der Waals surface area contributed by atoms with Gasteiger partial charge in [-0.15, -0.1) is 0 Å². The van der Waals surface area contributed by atoms with Crippen LogP contribution in [0.3, 0.4) is 0 Å². The van der Waals surface area contributed by atoms with E-state index in [1.165, 1.54) is 0 Å². The monoisotopic (exact) mass is 422 g/mol. The van der Waals surface area contributed by atoms with Crippen LogP contribution in [0, 0.1) is 6.92 Å². The summed E-state index contributed by atoms with van der Waals surface area (Å²) in [6, 6.07) is 25.9. The van der Waals surface area contributed by atoms with Crippen molar-refractivity contribution in [3.8, 4) is 0 Å². The summed E-state index contributed by atoms with van der Waals surface area (Å²) in [5.41, 5.74) is 4.08. The van der Waals surface area contributed by atoms with Gasteiger partial charge in [-0.1, -0.05) is 55.0 Å². The van der Waals surface area contributed by atoms with Gasteiger partial charge in [0.1, 0.15) is 5.78 Å². The van der Waals surface area contributed by atoms with Crippen molar-refractivity contribution in [3.63, 3.8) is 0 Å². The van der Waals surface area contributed by atoms with Gasteiger partial charge < -0.3 is 14.7 Å². The zero-order valence-electron chi connectivity index (χ0n) is 18.2. The zero-order valence-corrected chi connectivity index (χ0v) is 19.1. The number of nitrogens with zero attached hydrogens (tertiary/aromatic N) is 1. The van der Waals surface area contributed by atoms with Crippen LogP contribution in [0.2, 0.25) is 0 Å². The highest BCUT2D eigenvalue weighted by Gasteiger charge is 2.37. The van der Waals surface area contributed by atoms with E-state index in [0.717, 1.165) is 34.2 Å². The van der Waals surface area contributed by atoms with Crippen molar-refractivity contribution in [3.05, 3.63) is 90.0 Å². The Balaban J connectivity index is 2.10. The number of nitrogens with one attached hydrogen (secondary N) is 1. The van der Waals surface area contributed by atoms with E-state index in [0.29, 0.717) is 6.61 Å². The summed E-state index contributed by atoms with van der Waals surface area (Å²) in [6.07, 6.45) is 0.797. The Labute approximate surface area is 180 Å². The molecule has 0 bridgehead atoms. The lowest BCUT2D eigenvalue weighted by atomic mass is 10.1. The lowest BCUT2D eigenvalue weighted by Crippen LogP contribution is -2.21. The topological polar surface area (TPSA) is 41.6 Å². The molecule has 0 fully saturated rings. The Bertz CT molecular complexity index is 970. The van der Waals surface area contributed by atoms with E-state index in [2.05, 4.69) is 12.2 Å². The summed E-state index contributed by atoms with van der Waals surface area (Å²) in [7, 11) is 0.708. The summed E-state index contributed by atoms with van der Waals surface area (Å²) < 4.78 is 20.7. The van der Waals surface area contributed by atoms with E-state index in [1.807, 2.05) is 105 Å². The molecule has 0 spiro atoms. The lowest BCUT2D eigenvalue weighted by Gasteiger charge is -2.30. The van der Waals surface area contributed by atoms with Gasteiger partial charge in [-0.3, -0.25) is 4.57 Å². The average Bonchev–Trinajstić information content (AvgIpc) is 2.77. The predicted octanol–water partition coefficient (Wildman–Crippen LogP) is 6.20. The molecular formula is C25H31N2O2P. The molecule has 0 saturated heterocycles. The van der Waals surface area contributed by atoms with Gasteiger partial charge in [0.25, 0.3) is 7.37 Å². The number of rotatable bonds is 9.